The SMILES string of the molecule is N#Cc1ccnc(N[C@@H]2CC(Cn3ccnc3)C[C@H]2O)c1. The maximum absolute atomic E-state index is 10.2. The van der Waals surface area contributed by atoms with Gasteiger partial charge in [0.05, 0.1) is 30.1 Å². The number of aromatic nitrogens is 3. The van der Waals surface area contributed by atoms with Crippen LogP contribution in [0.2, 0.25) is 0 Å². The Morgan fingerprint density at radius 1 is 1.43 bits per heavy atom. The van der Waals surface area contributed by atoms with Gasteiger partial charge in [0.25, 0.3) is 0 Å². The van der Waals surface area contributed by atoms with Gasteiger partial charge in [-0.15, -0.1) is 0 Å². The molecule has 2 aromatic rings. The maximum atomic E-state index is 10.2. The van der Waals surface area contributed by atoms with Gasteiger partial charge in [-0.1, -0.05) is 0 Å². The molecule has 0 spiro atoms. The first-order chi connectivity index (χ1) is 10.2. The molecule has 0 aromatic carbocycles. The Morgan fingerprint density at radius 2 is 2.33 bits per heavy atom. The summed E-state index contributed by atoms with van der Waals surface area (Å²) in [7, 11) is 0. The quantitative estimate of drug-likeness (QED) is 0.885. The fourth-order valence-electron chi connectivity index (χ4n) is 2.88. The molecule has 6 heteroatoms. The third-order valence-corrected chi connectivity index (χ3v) is 3.88. The van der Waals surface area contributed by atoms with E-state index in [2.05, 4.69) is 21.4 Å². The lowest BCUT2D eigenvalue weighted by Crippen LogP contribution is -2.28. The summed E-state index contributed by atoms with van der Waals surface area (Å²) in [6.45, 7) is 0.862. The Morgan fingerprint density at radius 3 is 3.10 bits per heavy atom. The predicted molar refractivity (Wildman–Crippen MR) is 77.3 cm³/mol. The van der Waals surface area contributed by atoms with Crippen molar-refractivity contribution >= 4 is 5.82 Å². The molecule has 1 aliphatic rings. The van der Waals surface area contributed by atoms with E-state index >= 15 is 0 Å². The minimum absolute atomic E-state index is 0.0278. The van der Waals surface area contributed by atoms with Crippen LogP contribution >= 0.6 is 0 Å². The zero-order valence-corrected chi connectivity index (χ0v) is 11.6. The molecule has 0 saturated heterocycles. The molecule has 0 aliphatic heterocycles. The average molecular weight is 283 g/mol. The molecule has 2 aromatic heterocycles. The zero-order chi connectivity index (χ0) is 14.7. The van der Waals surface area contributed by atoms with E-state index in [0.717, 1.165) is 19.4 Å². The minimum Gasteiger partial charge on any atom is -0.391 e. The smallest absolute Gasteiger partial charge is 0.127 e. The predicted octanol–water partition coefficient (Wildman–Crippen LogP) is 1.40. The van der Waals surface area contributed by atoms with Crippen LogP contribution in [0.1, 0.15) is 18.4 Å². The van der Waals surface area contributed by atoms with E-state index in [0.29, 0.717) is 17.3 Å². The lowest BCUT2D eigenvalue weighted by Gasteiger charge is -2.17. The first-order valence-corrected chi connectivity index (χ1v) is 7.01. The highest BCUT2D eigenvalue weighted by atomic mass is 16.3. The number of hydrogen-bond donors (Lipinski definition) is 2. The number of anilines is 1. The number of nitriles is 1. The molecule has 6 nitrogen and oxygen atoms in total. The molecule has 3 rings (SSSR count). The van der Waals surface area contributed by atoms with Gasteiger partial charge in [-0.25, -0.2) is 9.97 Å². The molecular formula is C15H17N5O. The van der Waals surface area contributed by atoms with Crippen LogP contribution in [0.4, 0.5) is 5.82 Å². The second-order valence-electron chi connectivity index (χ2n) is 5.46. The zero-order valence-electron chi connectivity index (χ0n) is 11.6. The van der Waals surface area contributed by atoms with Crippen molar-refractivity contribution in [2.24, 2.45) is 5.92 Å². The highest BCUT2D eigenvalue weighted by Gasteiger charge is 2.33. The van der Waals surface area contributed by atoms with Crippen molar-refractivity contribution in [1.29, 1.82) is 5.26 Å². The standard InChI is InChI=1S/C15H17N5O/c16-8-11-1-2-18-15(7-11)19-13-5-12(6-14(13)21)9-20-4-3-17-10-20/h1-4,7,10,12-14,21H,5-6,9H2,(H,18,19)/t12?,13-,14-/m1/s1. The van der Waals surface area contributed by atoms with Crippen LogP contribution in [0, 0.1) is 17.2 Å². The van der Waals surface area contributed by atoms with Crippen molar-refractivity contribution in [2.45, 2.75) is 31.5 Å². The lowest BCUT2D eigenvalue weighted by molar-refractivity contribution is 0.166. The van der Waals surface area contributed by atoms with Crippen molar-refractivity contribution < 1.29 is 5.11 Å². The van der Waals surface area contributed by atoms with Crippen LogP contribution in [0.5, 0.6) is 0 Å². The van der Waals surface area contributed by atoms with Gasteiger partial charge in [0.2, 0.25) is 0 Å². The Labute approximate surface area is 123 Å². The van der Waals surface area contributed by atoms with E-state index in [4.69, 9.17) is 5.26 Å². The van der Waals surface area contributed by atoms with E-state index in [9.17, 15) is 5.11 Å². The number of aliphatic hydroxyl groups excluding tert-OH is 1. The third kappa shape index (κ3) is 3.20. The Hall–Kier alpha value is -2.39. The van der Waals surface area contributed by atoms with Gasteiger partial charge >= 0.3 is 0 Å². The van der Waals surface area contributed by atoms with Gasteiger partial charge in [0, 0.05) is 25.1 Å². The van der Waals surface area contributed by atoms with Crippen LogP contribution < -0.4 is 5.32 Å². The summed E-state index contributed by atoms with van der Waals surface area (Å²) in [5, 5.41) is 22.3. The Bertz CT molecular complexity index is 634. The lowest BCUT2D eigenvalue weighted by atomic mass is 10.1. The number of nitrogens with zero attached hydrogens (tertiary/aromatic N) is 4. The number of nitrogens with one attached hydrogen (secondary N) is 1. The fraction of sp³-hybridized carbons (Fsp3) is 0.400. The van der Waals surface area contributed by atoms with E-state index in [1.165, 1.54) is 0 Å². The van der Waals surface area contributed by atoms with Gasteiger partial charge < -0.3 is 15.0 Å². The number of imidazole rings is 1. The van der Waals surface area contributed by atoms with Crippen LogP contribution in [-0.2, 0) is 6.54 Å². The summed E-state index contributed by atoms with van der Waals surface area (Å²) < 4.78 is 2.04. The molecule has 21 heavy (non-hydrogen) atoms. The molecule has 2 heterocycles. The van der Waals surface area contributed by atoms with Crippen molar-refractivity contribution in [3.8, 4) is 6.07 Å². The highest BCUT2D eigenvalue weighted by molar-refractivity contribution is 5.43. The van der Waals surface area contributed by atoms with Crippen LogP contribution in [0.3, 0.4) is 0 Å². The Balaban J connectivity index is 1.62. The van der Waals surface area contributed by atoms with Crippen molar-refractivity contribution in [2.75, 3.05) is 5.32 Å². The van der Waals surface area contributed by atoms with Crippen LogP contribution in [0.25, 0.3) is 0 Å². The summed E-state index contributed by atoms with van der Waals surface area (Å²) in [5.74, 6) is 1.05. The molecule has 0 amide bonds. The van der Waals surface area contributed by atoms with Crippen molar-refractivity contribution in [3.05, 3.63) is 42.6 Å². The first kappa shape index (κ1) is 13.6. The number of aliphatic hydroxyl groups is 1. The molecule has 3 atom stereocenters. The summed E-state index contributed by atoms with van der Waals surface area (Å²) in [4.78, 5) is 8.23. The van der Waals surface area contributed by atoms with Gasteiger partial charge in [-0.3, -0.25) is 0 Å². The van der Waals surface area contributed by atoms with Gasteiger partial charge in [-0.2, -0.15) is 5.26 Å². The van der Waals surface area contributed by atoms with Crippen LogP contribution in [-0.4, -0.2) is 31.8 Å². The summed E-state index contributed by atoms with van der Waals surface area (Å²) in [6, 6.07) is 5.43. The normalized spacial score (nSPS) is 24.7. The molecule has 1 unspecified atom stereocenters. The van der Waals surface area contributed by atoms with Gasteiger partial charge in [0.1, 0.15) is 5.82 Å². The second-order valence-corrected chi connectivity index (χ2v) is 5.46. The monoisotopic (exact) mass is 283 g/mol. The Kier molecular flexibility index (Phi) is 3.84. The fourth-order valence-corrected chi connectivity index (χ4v) is 2.88. The van der Waals surface area contributed by atoms with Crippen molar-refractivity contribution in [1.82, 2.24) is 14.5 Å². The summed E-state index contributed by atoms with van der Waals surface area (Å²) in [6.07, 6.45) is 8.33. The summed E-state index contributed by atoms with van der Waals surface area (Å²) in [5.41, 5.74) is 0.565. The van der Waals surface area contributed by atoms with Crippen LogP contribution in [0.15, 0.2) is 37.1 Å². The largest absolute Gasteiger partial charge is 0.391 e. The number of rotatable bonds is 4. The van der Waals surface area contributed by atoms with Gasteiger partial charge in [0.15, 0.2) is 0 Å². The molecular weight excluding hydrogens is 266 g/mol. The molecule has 108 valence electrons. The average Bonchev–Trinajstić information content (AvgIpc) is 3.10. The summed E-state index contributed by atoms with van der Waals surface area (Å²) >= 11 is 0. The topological polar surface area (TPSA) is 86.8 Å². The molecule has 0 radical (unpaired) electrons. The van der Waals surface area contributed by atoms with E-state index in [-0.39, 0.29) is 6.04 Å². The molecule has 2 N–H and O–H groups in total. The van der Waals surface area contributed by atoms with Gasteiger partial charge in [-0.05, 0) is 30.9 Å². The number of hydrogen-bond acceptors (Lipinski definition) is 5. The van der Waals surface area contributed by atoms with E-state index in [1.54, 1.807) is 30.9 Å². The molecule has 1 aliphatic carbocycles. The highest BCUT2D eigenvalue weighted by Crippen LogP contribution is 2.29. The third-order valence-electron chi connectivity index (χ3n) is 3.88. The maximum Gasteiger partial charge on any atom is 0.127 e. The van der Waals surface area contributed by atoms with E-state index < -0.39 is 6.10 Å². The molecule has 0 bridgehead atoms. The first-order valence-electron chi connectivity index (χ1n) is 7.01. The minimum atomic E-state index is -0.397. The second kappa shape index (κ2) is 5.94. The molecule has 1 fully saturated rings. The molecule has 1 saturated carbocycles. The van der Waals surface area contributed by atoms with Crippen molar-refractivity contribution in [3.63, 3.8) is 0 Å². The van der Waals surface area contributed by atoms with E-state index in [1.807, 2.05) is 10.8 Å². The number of pyridine rings is 1.